The molecule has 2 atom stereocenters. The summed E-state index contributed by atoms with van der Waals surface area (Å²) in [5.41, 5.74) is 1.37. The summed E-state index contributed by atoms with van der Waals surface area (Å²) < 4.78 is 0. The first-order valence-electron chi connectivity index (χ1n) is 5.62. The number of hydrogen-bond acceptors (Lipinski definition) is 3. The van der Waals surface area contributed by atoms with Crippen LogP contribution in [-0.2, 0) is 0 Å². The molecule has 1 aromatic carbocycles. The van der Waals surface area contributed by atoms with Gasteiger partial charge in [0.25, 0.3) is 0 Å². The zero-order chi connectivity index (χ0) is 11.7. The summed E-state index contributed by atoms with van der Waals surface area (Å²) in [4.78, 5) is 8.18. The number of halogens is 1. The van der Waals surface area contributed by atoms with Gasteiger partial charge in [-0.25, -0.2) is 9.97 Å². The second-order valence-electron chi connectivity index (χ2n) is 4.20. The maximum Gasteiger partial charge on any atom is 0.171 e. The minimum Gasteiger partial charge on any atom is -0.364 e. The first-order chi connectivity index (χ1) is 8.34. The Labute approximate surface area is 105 Å². The Kier molecular flexibility index (Phi) is 2.69. The molecule has 1 fully saturated rings. The molecular formula is C13H12ClN3. The van der Waals surface area contributed by atoms with Crippen LogP contribution in [0.3, 0.4) is 0 Å². The molecule has 86 valence electrons. The summed E-state index contributed by atoms with van der Waals surface area (Å²) in [6.45, 7) is 0. The third-order valence-corrected chi connectivity index (χ3v) is 3.27. The van der Waals surface area contributed by atoms with Crippen LogP contribution in [0, 0.1) is 0 Å². The van der Waals surface area contributed by atoms with Gasteiger partial charge >= 0.3 is 0 Å². The fourth-order valence-corrected chi connectivity index (χ4v) is 2.18. The minimum atomic E-state index is 0.423. The van der Waals surface area contributed by atoms with Gasteiger partial charge in [0.15, 0.2) is 11.0 Å². The van der Waals surface area contributed by atoms with Gasteiger partial charge in [0.2, 0.25) is 0 Å². The Hall–Kier alpha value is -1.61. The Bertz CT molecular complexity index is 515. The number of benzene rings is 1. The second-order valence-corrected chi connectivity index (χ2v) is 4.56. The normalized spacial score (nSPS) is 22.2. The van der Waals surface area contributed by atoms with E-state index in [-0.39, 0.29) is 0 Å². The van der Waals surface area contributed by atoms with Crippen molar-refractivity contribution >= 4 is 17.4 Å². The molecule has 1 N–H and O–H groups in total. The fraction of sp³-hybridized carbons (Fsp3) is 0.231. The summed E-state index contributed by atoms with van der Waals surface area (Å²) in [6, 6.07) is 10.9. The molecule has 0 bridgehead atoms. The highest BCUT2D eigenvalue weighted by Gasteiger charge is 2.38. The molecule has 1 aliphatic rings. The molecule has 4 heteroatoms. The molecule has 0 saturated heterocycles. The predicted octanol–water partition coefficient (Wildman–Crippen LogP) is 3.10. The SMILES string of the molecule is Clc1nccnc1NC1CC1c1ccccc1. The second kappa shape index (κ2) is 4.34. The highest BCUT2D eigenvalue weighted by Crippen LogP contribution is 2.42. The lowest BCUT2D eigenvalue weighted by Crippen LogP contribution is -2.06. The number of rotatable bonds is 3. The van der Waals surface area contributed by atoms with Crippen molar-refractivity contribution < 1.29 is 0 Å². The van der Waals surface area contributed by atoms with Gasteiger partial charge in [-0.15, -0.1) is 0 Å². The highest BCUT2D eigenvalue weighted by molar-refractivity contribution is 6.31. The van der Waals surface area contributed by atoms with E-state index in [0.717, 1.165) is 6.42 Å². The molecule has 0 amide bonds. The molecule has 0 radical (unpaired) electrons. The van der Waals surface area contributed by atoms with Crippen LogP contribution in [0.15, 0.2) is 42.7 Å². The Morgan fingerprint density at radius 2 is 1.88 bits per heavy atom. The zero-order valence-corrected chi connectivity index (χ0v) is 9.93. The third-order valence-electron chi connectivity index (χ3n) is 2.99. The molecule has 1 saturated carbocycles. The average molecular weight is 246 g/mol. The smallest absolute Gasteiger partial charge is 0.171 e. The molecule has 3 nitrogen and oxygen atoms in total. The standard InChI is InChI=1S/C13H12ClN3/c14-12-13(16-7-6-15-12)17-11-8-10(11)9-4-2-1-3-5-9/h1-7,10-11H,8H2,(H,16,17). The number of nitrogens with one attached hydrogen (secondary N) is 1. The van der Waals surface area contributed by atoms with Crippen molar-refractivity contribution in [3.63, 3.8) is 0 Å². The third kappa shape index (κ3) is 2.24. The average Bonchev–Trinajstić information content (AvgIpc) is 3.13. The zero-order valence-electron chi connectivity index (χ0n) is 9.18. The molecule has 0 aliphatic heterocycles. The molecule has 1 aromatic heterocycles. The van der Waals surface area contributed by atoms with Crippen LogP contribution in [0.1, 0.15) is 17.9 Å². The van der Waals surface area contributed by atoms with Gasteiger partial charge in [0, 0.05) is 24.4 Å². The van der Waals surface area contributed by atoms with Crippen molar-refractivity contribution in [2.24, 2.45) is 0 Å². The lowest BCUT2D eigenvalue weighted by atomic mass is 10.1. The van der Waals surface area contributed by atoms with E-state index in [1.807, 2.05) is 6.07 Å². The Balaban J connectivity index is 1.69. The first kappa shape index (κ1) is 10.5. The summed E-state index contributed by atoms with van der Waals surface area (Å²) in [7, 11) is 0. The van der Waals surface area contributed by atoms with Crippen molar-refractivity contribution in [1.82, 2.24) is 9.97 Å². The number of nitrogens with zero attached hydrogens (tertiary/aromatic N) is 2. The van der Waals surface area contributed by atoms with Gasteiger partial charge in [0.05, 0.1) is 0 Å². The molecular weight excluding hydrogens is 234 g/mol. The molecule has 1 heterocycles. The number of aromatic nitrogens is 2. The van der Waals surface area contributed by atoms with E-state index in [4.69, 9.17) is 11.6 Å². The van der Waals surface area contributed by atoms with Crippen molar-refractivity contribution in [2.45, 2.75) is 18.4 Å². The lowest BCUT2D eigenvalue weighted by molar-refractivity contribution is 1.02. The van der Waals surface area contributed by atoms with Gasteiger partial charge in [0.1, 0.15) is 0 Å². The van der Waals surface area contributed by atoms with Crippen molar-refractivity contribution in [1.29, 1.82) is 0 Å². The summed E-state index contributed by atoms with van der Waals surface area (Å²) in [5.74, 6) is 1.24. The molecule has 2 aromatic rings. The van der Waals surface area contributed by atoms with Gasteiger partial charge < -0.3 is 5.32 Å². The molecule has 1 aliphatic carbocycles. The van der Waals surface area contributed by atoms with Crippen molar-refractivity contribution in [3.05, 3.63) is 53.4 Å². The van der Waals surface area contributed by atoms with Crippen molar-refractivity contribution in [2.75, 3.05) is 5.32 Å². The number of anilines is 1. The van der Waals surface area contributed by atoms with Crippen LogP contribution in [0.25, 0.3) is 0 Å². The van der Waals surface area contributed by atoms with Gasteiger partial charge in [-0.1, -0.05) is 41.9 Å². The fourth-order valence-electron chi connectivity index (χ4n) is 2.02. The van der Waals surface area contributed by atoms with E-state index in [9.17, 15) is 0 Å². The van der Waals surface area contributed by atoms with E-state index < -0.39 is 0 Å². The molecule has 17 heavy (non-hydrogen) atoms. The van der Waals surface area contributed by atoms with Gasteiger partial charge in [-0.2, -0.15) is 0 Å². The van der Waals surface area contributed by atoms with Crippen LogP contribution >= 0.6 is 11.6 Å². The predicted molar refractivity (Wildman–Crippen MR) is 68.3 cm³/mol. The van der Waals surface area contributed by atoms with Gasteiger partial charge in [-0.3, -0.25) is 0 Å². The monoisotopic (exact) mass is 245 g/mol. The van der Waals surface area contributed by atoms with E-state index >= 15 is 0 Å². The van der Waals surface area contributed by atoms with Crippen LogP contribution in [0.5, 0.6) is 0 Å². The van der Waals surface area contributed by atoms with E-state index in [2.05, 4.69) is 39.6 Å². The Morgan fingerprint density at radius 3 is 2.65 bits per heavy atom. The van der Waals surface area contributed by atoms with Crippen LogP contribution in [0.2, 0.25) is 5.15 Å². The topological polar surface area (TPSA) is 37.8 Å². The van der Waals surface area contributed by atoms with Crippen LogP contribution in [-0.4, -0.2) is 16.0 Å². The van der Waals surface area contributed by atoms with Crippen molar-refractivity contribution in [3.8, 4) is 0 Å². The maximum atomic E-state index is 5.95. The maximum absolute atomic E-state index is 5.95. The number of hydrogen-bond donors (Lipinski definition) is 1. The minimum absolute atomic E-state index is 0.423. The van der Waals surface area contributed by atoms with E-state index in [0.29, 0.717) is 22.9 Å². The quantitative estimate of drug-likeness (QED) is 0.903. The summed E-state index contributed by atoms with van der Waals surface area (Å²) >= 11 is 5.95. The highest BCUT2D eigenvalue weighted by atomic mass is 35.5. The summed E-state index contributed by atoms with van der Waals surface area (Å²) in [5, 5.41) is 3.76. The molecule has 0 spiro atoms. The van der Waals surface area contributed by atoms with Crippen LogP contribution in [0.4, 0.5) is 5.82 Å². The summed E-state index contributed by atoms with van der Waals surface area (Å²) in [6.07, 6.45) is 4.36. The molecule has 2 unspecified atom stereocenters. The Morgan fingerprint density at radius 1 is 1.12 bits per heavy atom. The first-order valence-corrected chi connectivity index (χ1v) is 6.00. The lowest BCUT2D eigenvalue weighted by Gasteiger charge is -2.05. The van der Waals surface area contributed by atoms with E-state index in [1.165, 1.54) is 5.56 Å². The van der Waals surface area contributed by atoms with Crippen LogP contribution < -0.4 is 5.32 Å². The largest absolute Gasteiger partial charge is 0.364 e. The van der Waals surface area contributed by atoms with Gasteiger partial charge in [-0.05, 0) is 12.0 Å². The van der Waals surface area contributed by atoms with E-state index in [1.54, 1.807) is 12.4 Å². The molecule has 3 rings (SSSR count).